The molecule has 0 aliphatic carbocycles. The Morgan fingerprint density at radius 1 is 1.29 bits per heavy atom. The number of anilines is 1. The number of benzene rings is 1. The minimum atomic E-state index is -4.47. The van der Waals surface area contributed by atoms with Gasteiger partial charge in [0.1, 0.15) is 12.4 Å². The van der Waals surface area contributed by atoms with Crippen molar-refractivity contribution in [1.82, 2.24) is 5.01 Å². The first kappa shape index (κ1) is 22.0. The van der Waals surface area contributed by atoms with Crippen LogP contribution in [0, 0.1) is 12.1 Å². The van der Waals surface area contributed by atoms with Gasteiger partial charge in [0.05, 0.1) is 29.6 Å². The number of para-hydroxylation sites is 1. The molecular formula is C22H21F3N4O2. The molecule has 0 fully saturated rings. The maximum atomic E-state index is 13.0. The molecule has 0 aromatic heterocycles. The highest BCUT2D eigenvalue weighted by molar-refractivity contribution is 5.99. The topological polar surface area (TPSA) is 49.7 Å². The van der Waals surface area contributed by atoms with Gasteiger partial charge in [-0.15, -0.1) is 5.10 Å². The van der Waals surface area contributed by atoms with Crippen LogP contribution in [0.5, 0.6) is 0 Å². The third kappa shape index (κ3) is 4.74. The van der Waals surface area contributed by atoms with Crippen LogP contribution in [0.4, 0.5) is 18.9 Å². The number of methoxy groups -OCH3 is 1. The Bertz CT molecular complexity index is 1020. The van der Waals surface area contributed by atoms with Gasteiger partial charge in [0.15, 0.2) is 0 Å². The zero-order valence-corrected chi connectivity index (χ0v) is 17.3. The molecule has 0 spiro atoms. The smallest absolute Gasteiger partial charge is 0.417 e. The van der Waals surface area contributed by atoms with Crippen LogP contribution in [0.2, 0.25) is 0 Å². The minimum absolute atomic E-state index is 0.0762. The zero-order valence-electron chi connectivity index (χ0n) is 17.3. The normalized spacial score (nSPS) is 14.5. The number of rotatable bonds is 6. The Morgan fingerprint density at radius 3 is 2.71 bits per heavy atom. The van der Waals surface area contributed by atoms with Crippen LogP contribution < -0.4 is 4.90 Å². The summed E-state index contributed by atoms with van der Waals surface area (Å²) in [5.41, 5.74) is 1.22. The number of hydrazone groups is 1. The molecule has 2 aromatic rings. The summed E-state index contributed by atoms with van der Waals surface area (Å²) in [4.78, 5) is 7.24. The number of amidine groups is 1. The second-order valence-corrected chi connectivity index (χ2v) is 6.58. The molecule has 9 heteroatoms. The maximum Gasteiger partial charge on any atom is 0.417 e. The number of hydrogen-bond acceptors (Lipinski definition) is 6. The molecule has 0 N–H and O–H groups in total. The Hall–Kier alpha value is -3.67. The summed E-state index contributed by atoms with van der Waals surface area (Å²) in [6.07, 6.45) is -4.10. The van der Waals surface area contributed by atoms with E-state index in [1.54, 1.807) is 23.9 Å². The Morgan fingerprint density at radius 2 is 2.03 bits per heavy atom. The average molecular weight is 430 g/mol. The molecule has 0 bridgehead atoms. The van der Waals surface area contributed by atoms with E-state index in [0.29, 0.717) is 24.0 Å². The van der Waals surface area contributed by atoms with Crippen molar-refractivity contribution in [3.63, 3.8) is 0 Å². The van der Waals surface area contributed by atoms with E-state index in [4.69, 9.17) is 9.57 Å². The van der Waals surface area contributed by atoms with E-state index < -0.39 is 11.7 Å². The van der Waals surface area contributed by atoms with Crippen molar-refractivity contribution < 1.29 is 22.7 Å². The summed E-state index contributed by atoms with van der Waals surface area (Å²) in [6, 6.07) is 14.7. The van der Waals surface area contributed by atoms with Crippen molar-refractivity contribution in [1.29, 1.82) is 0 Å². The highest BCUT2D eigenvalue weighted by Crippen LogP contribution is 2.30. The van der Waals surface area contributed by atoms with Crippen molar-refractivity contribution in [2.75, 3.05) is 19.1 Å². The third-order valence-electron chi connectivity index (χ3n) is 4.58. The lowest BCUT2D eigenvalue weighted by atomic mass is 10.1. The molecule has 0 saturated heterocycles. The lowest BCUT2D eigenvalue weighted by Gasteiger charge is -2.23. The zero-order chi connectivity index (χ0) is 22.6. The minimum Gasteiger partial charge on any atom is -0.467 e. The Balaban J connectivity index is 1.81. The van der Waals surface area contributed by atoms with E-state index in [9.17, 15) is 13.2 Å². The highest BCUT2D eigenvalue weighted by atomic mass is 19.4. The van der Waals surface area contributed by atoms with Crippen molar-refractivity contribution in [2.24, 2.45) is 10.3 Å². The van der Waals surface area contributed by atoms with Gasteiger partial charge in [-0.2, -0.15) is 13.2 Å². The molecule has 1 aliphatic rings. The fourth-order valence-corrected chi connectivity index (χ4v) is 2.94. The molecule has 1 aliphatic heterocycles. The first-order valence-corrected chi connectivity index (χ1v) is 9.39. The number of ether oxygens (including phenoxy) is 1. The molecule has 0 atom stereocenters. The second kappa shape index (κ2) is 9.00. The maximum absolute atomic E-state index is 13.0. The number of oxime groups is 1. The summed E-state index contributed by atoms with van der Waals surface area (Å²) in [7, 11) is 3.26. The molecule has 0 amide bonds. The molecule has 0 saturated carbocycles. The number of hydrogen-bond donors (Lipinski definition) is 0. The predicted octanol–water partition coefficient (Wildman–Crippen LogP) is 4.78. The predicted molar refractivity (Wildman–Crippen MR) is 111 cm³/mol. The van der Waals surface area contributed by atoms with Crippen molar-refractivity contribution in [2.45, 2.75) is 26.1 Å². The SMILES string of the molecule is C=C1N(C)N=C(OC)N1c1ccccc1CO/N=C(\CC)c1c#ccc(C(F)(F)F)c1. The summed E-state index contributed by atoms with van der Waals surface area (Å²) < 4.78 is 44.3. The van der Waals surface area contributed by atoms with Crippen LogP contribution >= 0.6 is 0 Å². The van der Waals surface area contributed by atoms with Gasteiger partial charge < -0.3 is 9.57 Å². The lowest BCUT2D eigenvalue weighted by Crippen LogP contribution is -2.29. The number of alkyl halides is 3. The van der Waals surface area contributed by atoms with Crippen molar-refractivity contribution >= 4 is 17.4 Å². The van der Waals surface area contributed by atoms with E-state index in [1.807, 2.05) is 24.3 Å². The molecule has 162 valence electrons. The van der Waals surface area contributed by atoms with E-state index in [2.05, 4.69) is 29.0 Å². The van der Waals surface area contributed by atoms with Gasteiger partial charge in [0.25, 0.3) is 0 Å². The van der Waals surface area contributed by atoms with E-state index in [-0.39, 0.29) is 12.2 Å². The van der Waals surface area contributed by atoms with E-state index >= 15 is 0 Å². The second-order valence-electron chi connectivity index (χ2n) is 6.58. The number of nitrogens with zero attached hydrogens (tertiary/aromatic N) is 4. The molecule has 0 radical (unpaired) electrons. The van der Waals surface area contributed by atoms with Gasteiger partial charge in [-0.1, -0.05) is 49.0 Å². The third-order valence-corrected chi connectivity index (χ3v) is 4.58. The Labute approximate surface area is 178 Å². The molecular weight excluding hydrogens is 409 g/mol. The van der Waals surface area contributed by atoms with Crippen molar-refractivity contribution in [3.8, 4) is 0 Å². The summed E-state index contributed by atoms with van der Waals surface area (Å²) in [6.45, 7) is 5.86. The summed E-state index contributed by atoms with van der Waals surface area (Å²) in [5, 5.41) is 9.91. The molecule has 0 unspecified atom stereocenters. The van der Waals surface area contributed by atoms with Crippen molar-refractivity contribution in [3.05, 3.63) is 77.6 Å². The molecule has 6 nitrogen and oxygen atoms in total. The van der Waals surface area contributed by atoms with Gasteiger partial charge in [-0.3, -0.25) is 0 Å². The average Bonchev–Trinajstić information content (AvgIpc) is 3.04. The van der Waals surface area contributed by atoms with Crippen LogP contribution in [0.3, 0.4) is 0 Å². The van der Waals surface area contributed by atoms with Crippen LogP contribution in [-0.2, 0) is 22.4 Å². The Kier molecular flexibility index (Phi) is 6.39. The molecule has 3 rings (SSSR count). The van der Waals surface area contributed by atoms with Crippen LogP contribution in [0.25, 0.3) is 0 Å². The van der Waals surface area contributed by atoms with Gasteiger partial charge in [0.2, 0.25) is 0 Å². The van der Waals surface area contributed by atoms with Gasteiger partial charge in [-0.25, -0.2) is 9.91 Å². The van der Waals surface area contributed by atoms with Gasteiger partial charge in [-0.05, 0) is 18.6 Å². The standard InChI is InChI=1S/C22H21F3N4O2/c1-5-19(16-10-8-11-18(13-16)22(23,24)25)27-31-14-17-9-6-7-12-20(17)29-15(2)28(3)26-21(29)30-4/h6-7,9,11-13H,2,5,14H2,1,3-4H3/b27-19+. The first-order valence-electron chi connectivity index (χ1n) is 9.39. The molecule has 1 heterocycles. The summed E-state index contributed by atoms with van der Waals surface area (Å²) >= 11 is 0. The highest BCUT2D eigenvalue weighted by Gasteiger charge is 2.31. The number of halogens is 3. The van der Waals surface area contributed by atoms with E-state index in [1.165, 1.54) is 7.11 Å². The fraction of sp³-hybridized carbons (Fsp3) is 0.273. The molecule has 31 heavy (non-hydrogen) atoms. The largest absolute Gasteiger partial charge is 0.467 e. The monoisotopic (exact) mass is 430 g/mol. The van der Waals surface area contributed by atoms with Gasteiger partial charge >= 0.3 is 12.2 Å². The fourth-order valence-electron chi connectivity index (χ4n) is 2.94. The molecule has 2 aromatic carbocycles. The van der Waals surface area contributed by atoms with Crippen LogP contribution in [0.1, 0.15) is 30.0 Å². The first-order chi connectivity index (χ1) is 14.8. The van der Waals surface area contributed by atoms with Crippen LogP contribution in [0.15, 0.2) is 59.1 Å². The summed E-state index contributed by atoms with van der Waals surface area (Å²) in [5.74, 6) is 0.594. The quantitative estimate of drug-likeness (QED) is 0.489. The van der Waals surface area contributed by atoms with Crippen LogP contribution in [-0.4, -0.2) is 30.9 Å². The lowest BCUT2D eigenvalue weighted by molar-refractivity contribution is -0.137. The van der Waals surface area contributed by atoms with Gasteiger partial charge in [0, 0.05) is 18.7 Å². The van der Waals surface area contributed by atoms with E-state index in [0.717, 1.165) is 23.4 Å².